The van der Waals surface area contributed by atoms with Crippen LogP contribution in [0.4, 0.5) is 0 Å². The van der Waals surface area contributed by atoms with Crippen molar-refractivity contribution in [1.82, 2.24) is 15.2 Å². The van der Waals surface area contributed by atoms with Crippen LogP contribution in [0.15, 0.2) is 18.5 Å². The summed E-state index contributed by atoms with van der Waals surface area (Å²) in [4.78, 5) is 18.1. The average molecular weight is 231 g/mol. The maximum absolute atomic E-state index is 12.0. The van der Waals surface area contributed by atoms with Crippen molar-refractivity contribution in [1.29, 1.82) is 0 Å². The van der Waals surface area contributed by atoms with E-state index in [1.54, 1.807) is 6.20 Å². The highest BCUT2D eigenvalue weighted by molar-refractivity contribution is 5.80. The Morgan fingerprint density at radius 1 is 1.59 bits per heavy atom. The number of carbonyl (C=O) groups excluding carboxylic acids is 1. The van der Waals surface area contributed by atoms with Gasteiger partial charge in [0.1, 0.15) is 0 Å². The predicted octanol–water partition coefficient (Wildman–Crippen LogP) is 0.853. The molecule has 2 fully saturated rings. The Bertz CT molecular complexity index is 446. The molecule has 0 bridgehead atoms. The minimum atomic E-state index is 0.281. The van der Waals surface area contributed by atoms with Crippen molar-refractivity contribution in [2.24, 2.45) is 0 Å². The molecule has 0 aliphatic carbocycles. The maximum atomic E-state index is 12.0. The first-order valence-electron chi connectivity index (χ1n) is 6.18. The van der Waals surface area contributed by atoms with Crippen molar-refractivity contribution in [3.8, 4) is 0 Å². The molecule has 3 heterocycles. The largest absolute Gasteiger partial charge is 0.334 e. The molecule has 2 aliphatic rings. The van der Waals surface area contributed by atoms with E-state index in [4.69, 9.17) is 0 Å². The lowest BCUT2D eigenvalue weighted by atomic mass is 10.1. The minimum Gasteiger partial charge on any atom is -0.334 e. The lowest BCUT2D eigenvalue weighted by molar-refractivity contribution is -0.129. The molecule has 1 aromatic rings. The van der Waals surface area contributed by atoms with Gasteiger partial charge < -0.3 is 10.2 Å². The number of fused-ring (bicyclic) bond motifs is 1. The fraction of sp³-hybridized carbons (Fsp3) is 0.538. The first-order valence-corrected chi connectivity index (χ1v) is 6.18. The molecule has 1 N–H and O–H groups in total. The Kier molecular flexibility index (Phi) is 2.59. The van der Waals surface area contributed by atoms with Crippen LogP contribution in [0.5, 0.6) is 0 Å². The summed E-state index contributed by atoms with van der Waals surface area (Å²) in [6, 6.07) is 2.79. The van der Waals surface area contributed by atoms with Gasteiger partial charge in [-0.25, -0.2) is 0 Å². The van der Waals surface area contributed by atoms with E-state index in [9.17, 15) is 4.79 Å². The average Bonchev–Trinajstić information content (AvgIpc) is 2.85. The van der Waals surface area contributed by atoms with E-state index in [2.05, 4.69) is 10.3 Å². The van der Waals surface area contributed by atoms with E-state index >= 15 is 0 Å². The molecule has 17 heavy (non-hydrogen) atoms. The van der Waals surface area contributed by atoms with Crippen molar-refractivity contribution in [3.05, 3.63) is 29.6 Å². The monoisotopic (exact) mass is 231 g/mol. The molecular formula is C13H17N3O. The molecule has 1 amide bonds. The van der Waals surface area contributed by atoms with Crippen LogP contribution in [0.1, 0.15) is 24.0 Å². The summed E-state index contributed by atoms with van der Waals surface area (Å²) >= 11 is 0. The molecule has 90 valence electrons. The molecule has 2 atom stereocenters. The number of aryl methyl sites for hydroxylation is 1. The maximum Gasteiger partial charge on any atom is 0.224 e. The Balaban J connectivity index is 1.81. The first-order chi connectivity index (χ1) is 8.25. The number of carbonyl (C=O) groups is 1. The number of pyridine rings is 1. The highest BCUT2D eigenvalue weighted by atomic mass is 16.2. The zero-order valence-electron chi connectivity index (χ0n) is 10.0. The van der Waals surface area contributed by atoms with E-state index in [-0.39, 0.29) is 5.91 Å². The van der Waals surface area contributed by atoms with Gasteiger partial charge in [0.05, 0.1) is 0 Å². The quantitative estimate of drug-likeness (QED) is 0.821. The van der Waals surface area contributed by atoms with Crippen molar-refractivity contribution >= 4 is 5.91 Å². The van der Waals surface area contributed by atoms with Crippen molar-refractivity contribution in [2.75, 3.05) is 6.54 Å². The zero-order chi connectivity index (χ0) is 11.8. The third-order valence-electron chi connectivity index (χ3n) is 3.90. The number of likely N-dealkylation sites (tertiary alicyclic amines) is 1. The number of aromatic nitrogens is 1. The second kappa shape index (κ2) is 4.11. The van der Waals surface area contributed by atoms with E-state index in [1.165, 1.54) is 5.56 Å². The predicted molar refractivity (Wildman–Crippen MR) is 64.3 cm³/mol. The number of nitrogens with zero attached hydrogens (tertiary/aromatic N) is 2. The number of hydrogen-bond acceptors (Lipinski definition) is 3. The number of hydrogen-bond donors (Lipinski definition) is 1. The van der Waals surface area contributed by atoms with E-state index in [0.29, 0.717) is 18.5 Å². The van der Waals surface area contributed by atoms with Crippen molar-refractivity contribution < 1.29 is 4.79 Å². The smallest absolute Gasteiger partial charge is 0.224 e. The number of amides is 1. The van der Waals surface area contributed by atoms with Gasteiger partial charge in [0, 0.05) is 37.4 Å². The third kappa shape index (κ3) is 1.82. The van der Waals surface area contributed by atoms with Crippen LogP contribution in [0, 0.1) is 6.92 Å². The Morgan fingerprint density at radius 2 is 2.47 bits per heavy atom. The van der Waals surface area contributed by atoms with Gasteiger partial charge >= 0.3 is 0 Å². The summed E-state index contributed by atoms with van der Waals surface area (Å²) in [6.45, 7) is 3.82. The van der Waals surface area contributed by atoms with Gasteiger partial charge in [-0.2, -0.15) is 0 Å². The van der Waals surface area contributed by atoms with Crippen LogP contribution >= 0.6 is 0 Å². The van der Waals surface area contributed by atoms with Crippen molar-refractivity contribution in [3.63, 3.8) is 0 Å². The Morgan fingerprint density at radius 3 is 3.29 bits per heavy atom. The summed E-state index contributed by atoms with van der Waals surface area (Å²) in [5.74, 6) is 0.281. The molecule has 2 aliphatic heterocycles. The van der Waals surface area contributed by atoms with E-state index in [1.807, 2.05) is 24.1 Å². The zero-order valence-corrected chi connectivity index (χ0v) is 10.0. The second-order valence-electron chi connectivity index (χ2n) is 4.94. The van der Waals surface area contributed by atoms with Gasteiger partial charge in [0.15, 0.2) is 0 Å². The Hall–Kier alpha value is -1.42. The molecule has 0 unspecified atom stereocenters. The van der Waals surface area contributed by atoms with E-state index < -0.39 is 0 Å². The fourth-order valence-corrected chi connectivity index (χ4v) is 2.89. The van der Waals surface area contributed by atoms with Gasteiger partial charge in [0.25, 0.3) is 0 Å². The molecule has 0 radical (unpaired) electrons. The summed E-state index contributed by atoms with van der Waals surface area (Å²) in [5.41, 5.74) is 2.37. The van der Waals surface area contributed by atoms with Crippen LogP contribution in [-0.2, 0) is 11.3 Å². The molecule has 0 saturated carbocycles. The second-order valence-corrected chi connectivity index (χ2v) is 4.94. The highest BCUT2D eigenvalue weighted by Gasteiger charge is 2.42. The normalized spacial score (nSPS) is 27.6. The van der Waals surface area contributed by atoms with Gasteiger partial charge in [0.2, 0.25) is 5.91 Å². The molecule has 0 spiro atoms. The number of nitrogens with one attached hydrogen (secondary N) is 1. The first kappa shape index (κ1) is 10.7. The topological polar surface area (TPSA) is 45.2 Å². The van der Waals surface area contributed by atoms with Crippen molar-refractivity contribution in [2.45, 2.75) is 38.4 Å². The molecule has 1 aromatic heterocycles. The lowest BCUT2D eigenvalue weighted by Gasteiger charge is -2.24. The molecule has 2 saturated heterocycles. The van der Waals surface area contributed by atoms with Crippen LogP contribution in [0.25, 0.3) is 0 Å². The van der Waals surface area contributed by atoms with E-state index in [0.717, 1.165) is 25.1 Å². The summed E-state index contributed by atoms with van der Waals surface area (Å²) in [5, 5.41) is 3.40. The Labute approximate surface area is 101 Å². The summed E-state index contributed by atoms with van der Waals surface area (Å²) in [6.07, 6.45) is 5.41. The third-order valence-corrected chi connectivity index (χ3v) is 3.90. The van der Waals surface area contributed by atoms with Crippen LogP contribution in [0.2, 0.25) is 0 Å². The molecular weight excluding hydrogens is 214 g/mol. The van der Waals surface area contributed by atoms with Gasteiger partial charge in [-0.3, -0.25) is 9.78 Å². The van der Waals surface area contributed by atoms with Gasteiger partial charge in [-0.15, -0.1) is 0 Å². The molecule has 4 nitrogen and oxygen atoms in total. The lowest BCUT2D eigenvalue weighted by Crippen LogP contribution is -2.35. The summed E-state index contributed by atoms with van der Waals surface area (Å²) < 4.78 is 0. The summed E-state index contributed by atoms with van der Waals surface area (Å²) in [7, 11) is 0. The van der Waals surface area contributed by atoms with Crippen LogP contribution in [-0.4, -0.2) is 34.4 Å². The minimum absolute atomic E-state index is 0.281. The van der Waals surface area contributed by atoms with Crippen LogP contribution < -0.4 is 5.32 Å². The van der Waals surface area contributed by atoms with Crippen LogP contribution in [0.3, 0.4) is 0 Å². The molecule has 3 rings (SSSR count). The van der Waals surface area contributed by atoms with Gasteiger partial charge in [-0.1, -0.05) is 0 Å². The molecule has 0 aromatic carbocycles. The van der Waals surface area contributed by atoms with Gasteiger partial charge in [-0.05, 0) is 37.1 Å². The SMILES string of the molecule is Cc1cnccc1CN1C(=O)C[C@H]2NCC[C@H]21. The standard InChI is InChI=1S/C13H17N3O/c1-9-7-14-4-2-10(9)8-16-12-3-5-15-11(12)6-13(16)17/h2,4,7,11-12,15H,3,5-6,8H2,1H3/t11-,12-/m1/s1. The molecule has 4 heteroatoms. The number of rotatable bonds is 2. The fourth-order valence-electron chi connectivity index (χ4n) is 2.89. The highest BCUT2D eigenvalue weighted by Crippen LogP contribution is 2.28.